The molecule has 0 atom stereocenters. The highest BCUT2D eigenvalue weighted by molar-refractivity contribution is 7.15. The van der Waals surface area contributed by atoms with Crippen LogP contribution in [0.1, 0.15) is 32.6 Å². The summed E-state index contributed by atoms with van der Waals surface area (Å²) in [6.45, 7) is 5.81. The minimum absolute atomic E-state index is 0.103. The molecule has 3 N–H and O–H groups in total. The lowest BCUT2D eigenvalue weighted by Crippen LogP contribution is -2.26. The van der Waals surface area contributed by atoms with Crippen molar-refractivity contribution < 1.29 is 14.7 Å². The molecule has 0 aliphatic carbocycles. The van der Waals surface area contributed by atoms with E-state index < -0.39 is 5.97 Å². The molecule has 0 bridgehead atoms. The molecule has 1 heterocycles. The van der Waals surface area contributed by atoms with Crippen LogP contribution in [0.5, 0.6) is 0 Å². The number of anilines is 1. The second kappa shape index (κ2) is 7.74. The van der Waals surface area contributed by atoms with Gasteiger partial charge in [0.25, 0.3) is 5.91 Å². The van der Waals surface area contributed by atoms with Crippen LogP contribution in [0.15, 0.2) is 35.4 Å². The first-order chi connectivity index (χ1) is 11.4. The molecular formula is C17H19N3O3S. The minimum Gasteiger partial charge on any atom is -0.477 e. The number of hydrogen-bond donors (Lipinski definition) is 3. The first kappa shape index (κ1) is 17.7. The maximum Gasteiger partial charge on any atom is 0.345 e. The summed E-state index contributed by atoms with van der Waals surface area (Å²) in [6, 6.07) is 9.15. The maximum absolute atomic E-state index is 11.9. The summed E-state index contributed by atoms with van der Waals surface area (Å²) in [4.78, 5) is 23.7. The maximum atomic E-state index is 11.9. The lowest BCUT2D eigenvalue weighted by atomic mass is 10.1. The number of thiophene rings is 1. The Kier molecular flexibility index (Phi) is 5.70. The summed E-state index contributed by atoms with van der Waals surface area (Å²) in [6.07, 6.45) is 0. The monoisotopic (exact) mass is 345 g/mol. The zero-order valence-corrected chi connectivity index (χ0v) is 14.5. The van der Waals surface area contributed by atoms with E-state index >= 15 is 0 Å². The highest BCUT2D eigenvalue weighted by Crippen LogP contribution is 2.17. The number of nitrogens with one attached hydrogen (secondary N) is 2. The van der Waals surface area contributed by atoms with Crippen molar-refractivity contribution >= 4 is 34.6 Å². The number of hydrogen-bond acceptors (Lipinski definition) is 5. The molecule has 2 aromatic rings. The van der Waals surface area contributed by atoms with Crippen LogP contribution in [0, 0.1) is 13.8 Å². The highest BCUT2D eigenvalue weighted by Gasteiger charge is 2.09. The summed E-state index contributed by atoms with van der Waals surface area (Å²) < 4.78 is 0. The van der Waals surface area contributed by atoms with Crippen molar-refractivity contribution in [2.45, 2.75) is 20.8 Å². The quantitative estimate of drug-likeness (QED) is 0.554. The van der Waals surface area contributed by atoms with Gasteiger partial charge in [0.05, 0.1) is 17.1 Å². The van der Waals surface area contributed by atoms with Crippen LogP contribution >= 0.6 is 11.3 Å². The predicted molar refractivity (Wildman–Crippen MR) is 96.0 cm³/mol. The van der Waals surface area contributed by atoms with Gasteiger partial charge in [-0.1, -0.05) is 17.7 Å². The molecule has 6 nitrogen and oxygen atoms in total. The molecule has 1 aromatic carbocycles. The first-order valence-corrected chi connectivity index (χ1v) is 8.16. The molecule has 1 aromatic heterocycles. The van der Waals surface area contributed by atoms with Gasteiger partial charge in [-0.15, -0.1) is 11.3 Å². The van der Waals surface area contributed by atoms with Gasteiger partial charge in [-0.25, -0.2) is 10.2 Å². The fraction of sp³-hybridized carbons (Fsp3) is 0.235. The van der Waals surface area contributed by atoms with Crippen molar-refractivity contribution in [3.05, 3.63) is 51.2 Å². The molecule has 0 aliphatic rings. The SMILES string of the molecule is C/C(=N/NC(=O)CNc1ccc(C)cc1C)c1ccc(C(=O)O)s1. The third kappa shape index (κ3) is 4.66. The van der Waals surface area contributed by atoms with Gasteiger partial charge in [-0.05, 0) is 44.5 Å². The molecule has 1 amide bonds. The number of nitrogens with zero attached hydrogens (tertiary/aromatic N) is 1. The van der Waals surface area contributed by atoms with E-state index in [9.17, 15) is 9.59 Å². The fourth-order valence-electron chi connectivity index (χ4n) is 2.08. The van der Waals surface area contributed by atoms with Crippen molar-refractivity contribution in [3.63, 3.8) is 0 Å². The zero-order valence-electron chi connectivity index (χ0n) is 13.7. The van der Waals surface area contributed by atoms with Gasteiger partial charge in [0.1, 0.15) is 4.88 Å². The van der Waals surface area contributed by atoms with E-state index in [0.717, 1.165) is 22.6 Å². The van der Waals surface area contributed by atoms with Crippen molar-refractivity contribution in [3.8, 4) is 0 Å². The Morgan fingerprint density at radius 3 is 2.50 bits per heavy atom. The molecule has 2 rings (SSSR count). The lowest BCUT2D eigenvalue weighted by molar-refractivity contribution is -0.119. The van der Waals surface area contributed by atoms with E-state index in [1.54, 1.807) is 13.0 Å². The van der Waals surface area contributed by atoms with Gasteiger partial charge in [0.2, 0.25) is 0 Å². The second-order valence-electron chi connectivity index (χ2n) is 5.37. The van der Waals surface area contributed by atoms with Crippen molar-refractivity contribution in [1.82, 2.24) is 5.43 Å². The van der Waals surface area contributed by atoms with Crippen LogP contribution < -0.4 is 10.7 Å². The topological polar surface area (TPSA) is 90.8 Å². The third-order valence-electron chi connectivity index (χ3n) is 3.34. The highest BCUT2D eigenvalue weighted by atomic mass is 32.1. The Morgan fingerprint density at radius 1 is 1.17 bits per heavy atom. The number of carboxylic acid groups (broad SMARTS) is 1. The number of rotatable bonds is 6. The summed E-state index contributed by atoms with van der Waals surface area (Å²) in [5.74, 6) is -1.25. The normalized spacial score (nSPS) is 11.2. The molecule has 126 valence electrons. The summed E-state index contributed by atoms with van der Waals surface area (Å²) >= 11 is 1.12. The van der Waals surface area contributed by atoms with Crippen LogP contribution in [-0.4, -0.2) is 29.2 Å². The number of carbonyl (C=O) groups is 2. The molecule has 0 saturated heterocycles. The van der Waals surface area contributed by atoms with E-state index in [2.05, 4.69) is 15.8 Å². The average Bonchev–Trinajstić information content (AvgIpc) is 3.02. The summed E-state index contributed by atoms with van der Waals surface area (Å²) in [7, 11) is 0. The number of aryl methyl sites for hydroxylation is 2. The molecule has 0 saturated carbocycles. The van der Waals surface area contributed by atoms with Crippen LogP contribution in [0.25, 0.3) is 0 Å². The van der Waals surface area contributed by atoms with E-state index in [1.165, 1.54) is 11.6 Å². The molecule has 7 heteroatoms. The second-order valence-corrected chi connectivity index (χ2v) is 6.46. The van der Waals surface area contributed by atoms with Crippen molar-refractivity contribution in [2.75, 3.05) is 11.9 Å². The van der Waals surface area contributed by atoms with E-state index in [0.29, 0.717) is 10.6 Å². The molecular weight excluding hydrogens is 326 g/mol. The summed E-state index contributed by atoms with van der Waals surface area (Å²) in [5.41, 5.74) is 6.17. The van der Waals surface area contributed by atoms with Crippen LogP contribution in [-0.2, 0) is 4.79 Å². The van der Waals surface area contributed by atoms with E-state index in [1.807, 2.05) is 32.0 Å². The van der Waals surface area contributed by atoms with E-state index in [4.69, 9.17) is 5.11 Å². The average molecular weight is 345 g/mol. The standard InChI is InChI=1S/C17H19N3O3S/c1-10-4-5-13(11(2)8-10)18-9-16(21)20-19-12(3)14-6-7-15(24-14)17(22)23/h4-8,18H,9H2,1-3H3,(H,20,21)(H,22,23)/b19-12-. The van der Waals surface area contributed by atoms with Crippen LogP contribution in [0.2, 0.25) is 0 Å². The Labute approximate surface area is 144 Å². The van der Waals surface area contributed by atoms with Crippen LogP contribution in [0.4, 0.5) is 5.69 Å². The lowest BCUT2D eigenvalue weighted by Gasteiger charge is -2.09. The van der Waals surface area contributed by atoms with Gasteiger partial charge < -0.3 is 10.4 Å². The van der Waals surface area contributed by atoms with Crippen molar-refractivity contribution in [1.29, 1.82) is 0 Å². The van der Waals surface area contributed by atoms with Gasteiger partial charge in [-0.3, -0.25) is 4.79 Å². The molecule has 0 aliphatic heterocycles. The van der Waals surface area contributed by atoms with Crippen molar-refractivity contribution in [2.24, 2.45) is 5.10 Å². The first-order valence-electron chi connectivity index (χ1n) is 7.34. The molecule has 0 spiro atoms. The van der Waals surface area contributed by atoms with Gasteiger partial charge in [-0.2, -0.15) is 5.10 Å². The molecule has 0 fully saturated rings. The number of aromatic carboxylic acids is 1. The molecule has 0 unspecified atom stereocenters. The third-order valence-corrected chi connectivity index (χ3v) is 4.53. The smallest absolute Gasteiger partial charge is 0.345 e. The largest absolute Gasteiger partial charge is 0.477 e. The van der Waals surface area contributed by atoms with Gasteiger partial charge in [0.15, 0.2) is 0 Å². The Bertz CT molecular complexity index is 796. The Hall–Kier alpha value is -2.67. The molecule has 24 heavy (non-hydrogen) atoms. The number of amides is 1. The van der Waals surface area contributed by atoms with E-state index in [-0.39, 0.29) is 17.3 Å². The number of carbonyl (C=O) groups excluding carboxylic acids is 1. The zero-order chi connectivity index (χ0) is 17.7. The number of carboxylic acids is 1. The number of hydrazone groups is 1. The minimum atomic E-state index is -0.972. The van der Waals surface area contributed by atoms with Crippen LogP contribution in [0.3, 0.4) is 0 Å². The predicted octanol–water partition coefficient (Wildman–Crippen LogP) is 3.02. The number of benzene rings is 1. The fourth-order valence-corrected chi connectivity index (χ4v) is 2.87. The molecule has 0 radical (unpaired) electrons. The summed E-state index contributed by atoms with van der Waals surface area (Å²) in [5, 5.41) is 16.0. The van der Waals surface area contributed by atoms with Gasteiger partial charge in [0, 0.05) is 5.69 Å². The van der Waals surface area contributed by atoms with Gasteiger partial charge >= 0.3 is 5.97 Å². The Balaban J connectivity index is 1.90. The Morgan fingerprint density at radius 2 is 1.88 bits per heavy atom.